The second-order valence-corrected chi connectivity index (χ2v) is 5.42. The lowest BCUT2D eigenvalue weighted by Gasteiger charge is -2.18. The van der Waals surface area contributed by atoms with Gasteiger partial charge in [-0.1, -0.05) is 6.07 Å². The molecule has 0 spiro atoms. The summed E-state index contributed by atoms with van der Waals surface area (Å²) in [4.78, 5) is 36.4. The van der Waals surface area contributed by atoms with Crippen LogP contribution in [0.5, 0.6) is 5.75 Å². The summed E-state index contributed by atoms with van der Waals surface area (Å²) in [7, 11) is 0. The van der Waals surface area contributed by atoms with Crippen molar-refractivity contribution in [3.05, 3.63) is 24.3 Å². The molecule has 1 heterocycles. The summed E-state index contributed by atoms with van der Waals surface area (Å²) in [5, 5.41) is 4.73. The van der Waals surface area contributed by atoms with Gasteiger partial charge in [0.2, 0.25) is 17.7 Å². The fourth-order valence-corrected chi connectivity index (χ4v) is 2.42. The number of nitrogens with zero attached hydrogens (tertiary/aromatic N) is 1. The Morgan fingerprint density at radius 2 is 2.04 bits per heavy atom. The van der Waals surface area contributed by atoms with Gasteiger partial charge in [0.1, 0.15) is 11.8 Å². The van der Waals surface area contributed by atoms with Crippen molar-refractivity contribution in [3.63, 3.8) is 0 Å². The Morgan fingerprint density at radius 1 is 1.31 bits per heavy atom. The molecule has 1 aliphatic heterocycles. The minimum absolute atomic E-state index is 0.217. The van der Waals surface area contributed by atoms with Crippen molar-refractivity contribution in [3.8, 4) is 5.75 Å². The van der Waals surface area contributed by atoms with E-state index in [9.17, 15) is 27.6 Å². The van der Waals surface area contributed by atoms with E-state index in [0.29, 0.717) is 0 Å². The number of rotatable bonds is 6. The first-order valence-corrected chi connectivity index (χ1v) is 7.63. The van der Waals surface area contributed by atoms with E-state index in [-0.39, 0.29) is 31.7 Å². The van der Waals surface area contributed by atoms with Gasteiger partial charge in [-0.05, 0) is 18.6 Å². The van der Waals surface area contributed by atoms with Crippen LogP contribution in [-0.4, -0.2) is 49.8 Å². The number of carbonyl (C=O) groups excluding carboxylic acids is 3. The highest BCUT2D eigenvalue weighted by molar-refractivity contribution is 6.01. The number of anilines is 1. The molecule has 0 radical (unpaired) electrons. The number of alkyl halides is 3. The second kappa shape index (κ2) is 8.04. The maximum Gasteiger partial charge on any atom is 0.573 e. The summed E-state index contributed by atoms with van der Waals surface area (Å²) in [6.45, 7) is -0.372. The van der Waals surface area contributed by atoms with Crippen molar-refractivity contribution in [1.29, 1.82) is 0 Å². The minimum atomic E-state index is -4.84. The van der Waals surface area contributed by atoms with E-state index in [2.05, 4.69) is 15.4 Å². The molecule has 8 nitrogen and oxygen atoms in total. The van der Waals surface area contributed by atoms with Gasteiger partial charge in [0.05, 0.1) is 13.1 Å². The molecule has 2 rings (SSSR count). The molecule has 0 saturated carbocycles. The predicted molar refractivity (Wildman–Crippen MR) is 84.1 cm³/mol. The van der Waals surface area contributed by atoms with Crippen molar-refractivity contribution < 1.29 is 32.3 Å². The highest BCUT2D eigenvalue weighted by Crippen LogP contribution is 2.29. The number of carbonyl (C=O) groups is 3. The van der Waals surface area contributed by atoms with Crippen LogP contribution in [0.3, 0.4) is 0 Å². The zero-order chi connectivity index (χ0) is 19.3. The molecule has 1 aromatic carbocycles. The van der Waals surface area contributed by atoms with E-state index in [4.69, 9.17) is 5.73 Å². The highest BCUT2D eigenvalue weighted by Gasteiger charge is 2.35. The van der Waals surface area contributed by atoms with Crippen LogP contribution < -0.4 is 26.0 Å². The Labute approximate surface area is 146 Å². The fraction of sp³-hybridized carbons (Fsp3) is 0.400. The standard InChI is InChI=1S/C15H17F3N4O4/c16-15(17,18)26-10-3-1-2-9(6-10)22-5-4-11(14(22)25)21-13(24)8-20-12(23)7-19/h1-3,6,11H,4-5,7-8,19H2,(H,20,23)(H,21,24). The van der Waals surface area contributed by atoms with Gasteiger partial charge < -0.3 is 26.0 Å². The number of ether oxygens (including phenoxy) is 1. The Bertz CT molecular complexity index is 696. The molecule has 26 heavy (non-hydrogen) atoms. The second-order valence-electron chi connectivity index (χ2n) is 5.42. The summed E-state index contributed by atoms with van der Waals surface area (Å²) in [5.74, 6) is -1.99. The molecule has 1 atom stereocenters. The Hall–Kier alpha value is -2.82. The maximum absolute atomic E-state index is 12.4. The molecule has 11 heteroatoms. The first-order chi connectivity index (χ1) is 12.2. The number of halogens is 3. The molecular weight excluding hydrogens is 357 g/mol. The number of benzene rings is 1. The van der Waals surface area contributed by atoms with Crippen molar-refractivity contribution in [1.82, 2.24) is 10.6 Å². The predicted octanol–water partition coefficient (Wildman–Crippen LogP) is -0.118. The van der Waals surface area contributed by atoms with Crippen LogP contribution in [0.15, 0.2) is 24.3 Å². The van der Waals surface area contributed by atoms with E-state index >= 15 is 0 Å². The molecule has 0 aromatic heterocycles. The third-order valence-corrected chi connectivity index (χ3v) is 3.54. The van der Waals surface area contributed by atoms with Gasteiger partial charge in [-0.2, -0.15) is 0 Å². The van der Waals surface area contributed by atoms with Crippen LogP contribution in [0, 0.1) is 0 Å². The van der Waals surface area contributed by atoms with E-state index < -0.39 is 35.9 Å². The molecule has 1 fully saturated rings. The molecule has 142 valence electrons. The molecule has 1 unspecified atom stereocenters. The van der Waals surface area contributed by atoms with E-state index in [1.165, 1.54) is 17.0 Å². The Kier molecular flexibility index (Phi) is 6.03. The van der Waals surface area contributed by atoms with Crippen LogP contribution in [-0.2, 0) is 14.4 Å². The van der Waals surface area contributed by atoms with Crippen molar-refractivity contribution in [2.45, 2.75) is 18.8 Å². The van der Waals surface area contributed by atoms with Gasteiger partial charge in [-0.25, -0.2) is 0 Å². The van der Waals surface area contributed by atoms with Gasteiger partial charge >= 0.3 is 6.36 Å². The lowest BCUT2D eigenvalue weighted by molar-refractivity contribution is -0.274. The number of hydrogen-bond acceptors (Lipinski definition) is 5. The topological polar surface area (TPSA) is 114 Å². The Balaban J connectivity index is 1.97. The molecule has 4 N–H and O–H groups in total. The van der Waals surface area contributed by atoms with Crippen LogP contribution in [0.25, 0.3) is 0 Å². The van der Waals surface area contributed by atoms with Crippen LogP contribution >= 0.6 is 0 Å². The smallest absolute Gasteiger partial charge is 0.406 e. The lowest BCUT2D eigenvalue weighted by Crippen LogP contribution is -2.46. The first kappa shape index (κ1) is 19.5. The molecule has 1 saturated heterocycles. The van der Waals surface area contributed by atoms with Crippen molar-refractivity contribution in [2.24, 2.45) is 5.73 Å². The van der Waals surface area contributed by atoms with Crippen LogP contribution in [0.4, 0.5) is 18.9 Å². The number of hydrogen-bond donors (Lipinski definition) is 3. The van der Waals surface area contributed by atoms with Gasteiger partial charge in [-0.15, -0.1) is 13.2 Å². The third-order valence-electron chi connectivity index (χ3n) is 3.54. The van der Waals surface area contributed by atoms with E-state index in [1.807, 2.05) is 0 Å². The van der Waals surface area contributed by atoms with Crippen LogP contribution in [0.1, 0.15) is 6.42 Å². The SMILES string of the molecule is NCC(=O)NCC(=O)NC1CCN(c2cccc(OC(F)(F)F)c2)C1=O. The number of nitrogens with one attached hydrogen (secondary N) is 2. The third kappa shape index (κ3) is 5.34. The zero-order valence-corrected chi connectivity index (χ0v) is 13.5. The summed E-state index contributed by atoms with van der Waals surface area (Å²) in [6, 6.07) is 4.18. The quantitative estimate of drug-likeness (QED) is 0.643. The summed E-state index contributed by atoms with van der Waals surface area (Å²) < 4.78 is 40.7. The van der Waals surface area contributed by atoms with Gasteiger partial charge in [0, 0.05) is 18.3 Å². The lowest BCUT2D eigenvalue weighted by atomic mass is 10.2. The maximum atomic E-state index is 12.4. The molecule has 0 aliphatic carbocycles. The van der Waals surface area contributed by atoms with Gasteiger partial charge in [-0.3, -0.25) is 14.4 Å². The van der Waals surface area contributed by atoms with Gasteiger partial charge in [0.25, 0.3) is 0 Å². The molecular formula is C15H17F3N4O4. The van der Waals surface area contributed by atoms with Gasteiger partial charge in [0.15, 0.2) is 0 Å². The molecule has 0 bridgehead atoms. The molecule has 3 amide bonds. The van der Waals surface area contributed by atoms with Crippen LogP contribution in [0.2, 0.25) is 0 Å². The minimum Gasteiger partial charge on any atom is -0.406 e. The molecule has 1 aliphatic rings. The largest absolute Gasteiger partial charge is 0.573 e. The average Bonchev–Trinajstić information content (AvgIpc) is 2.92. The van der Waals surface area contributed by atoms with Crippen molar-refractivity contribution >= 4 is 23.4 Å². The highest BCUT2D eigenvalue weighted by atomic mass is 19.4. The summed E-state index contributed by atoms with van der Waals surface area (Å²) in [5.41, 5.74) is 5.32. The summed E-state index contributed by atoms with van der Waals surface area (Å²) in [6.07, 6.45) is -4.56. The monoisotopic (exact) mass is 374 g/mol. The van der Waals surface area contributed by atoms with Crippen molar-refractivity contribution in [2.75, 3.05) is 24.5 Å². The normalized spacial score (nSPS) is 17.2. The Morgan fingerprint density at radius 3 is 2.69 bits per heavy atom. The molecule has 1 aromatic rings. The average molecular weight is 374 g/mol. The first-order valence-electron chi connectivity index (χ1n) is 7.63. The number of nitrogens with two attached hydrogens (primary N) is 1. The number of amides is 3. The zero-order valence-electron chi connectivity index (χ0n) is 13.5. The van der Waals surface area contributed by atoms with E-state index in [1.54, 1.807) is 0 Å². The van der Waals surface area contributed by atoms with E-state index in [0.717, 1.165) is 12.1 Å². The summed E-state index contributed by atoms with van der Waals surface area (Å²) >= 11 is 0. The fourth-order valence-electron chi connectivity index (χ4n) is 2.42.